The lowest BCUT2D eigenvalue weighted by Crippen LogP contribution is -2.62. The van der Waals surface area contributed by atoms with Gasteiger partial charge in [-0.2, -0.15) is 0 Å². The molecule has 5 nitrogen and oxygen atoms in total. The van der Waals surface area contributed by atoms with Crippen molar-refractivity contribution in [3.05, 3.63) is 12.2 Å². The Balaban J connectivity index is 2.14. The predicted molar refractivity (Wildman–Crippen MR) is 102 cm³/mol. The smallest absolute Gasteiger partial charge is 0.252 e. The molecule has 0 radical (unpaired) electrons. The first-order chi connectivity index (χ1) is 12.5. The van der Waals surface area contributed by atoms with Crippen LogP contribution in [-0.4, -0.2) is 23.3 Å². The molecular formula is C21H34N2O3. The van der Waals surface area contributed by atoms with Crippen molar-refractivity contribution in [1.82, 2.24) is 10.6 Å². The molecule has 0 heterocycles. The zero-order valence-corrected chi connectivity index (χ0v) is 16.3. The third kappa shape index (κ3) is 5.68. The van der Waals surface area contributed by atoms with E-state index in [2.05, 4.69) is 29.7 Å². The fraction of sp³-hybridized carbons (Fsp3) is 0.762. The van der Waals surface area contributed by atoms with Crippen LogP contribution >= 0.6 is 0 Å². The summed E-state index contributed by atoms with van der Waals surface area (Å²) in [5.74, 6) is -0.462. The maximum Gasteiger partial charge on any atom is 0.252 e. The van der Waals surface area contributed by atoms with Gasteiger partial charge in [0, 0.05) is 12.8 Å². The fourth-order valence-corrected chi connectivity index (χ4v) is 4.30. The van der Waals surface area contributed by atoms with E-state index in [0.717, 1.165) is 51.4 Å². The number of rotatable bonds is 6. The van der Waals surface area contributed by atoms with Crippen LogP contribution in [0.3, 0.4) is 0 Å². The highest BCUT2D eigenvalue weighted by molar-refractivity contribution is 6.01. The summed E-state index contributed by atoms with van der Waals surface area (Å²) >= 11 is 0. The minimum absolute atomic E-state index is 0.00163. The van der Waals surface area contributed by atoms with Crippen LogP contribution in [0.1, 0.15) is 84.5 Å². The standard InChI is InChI=1S/C21H34N2O3/c1-3-4-6-10-17-11-9-14-21(15-17,20(26)22-16(2)24)23-19(25)18-12-7-5-8-13-18/h6,10,17-18H,3-5,7-9,11-15H2,1-2H3,(H,23,25)(H,22,24,26). The number of unbranched alkanes of at least 4 members (excludes halogenated alkanes) is 1. The molecule has 0 aliphatic heterocycles. The zero-order chi connectivity index (χ0) is 19.0. The molecule has 2 atom stereocenters. The number of imide groups is 1. The monoisotopic (exact) mass is 362 g/mol. The Kier molecular flexibility index (Phi) is 7.85. The molecule has 2 fully saturated rings. The first-order valence-corrected chi connectivity index (χ1v) is 10.3. The molecular weight excluding hydrogens is 328 g/mol. The minimum atomic E-state index is -0.959. The van der Waals surface area contributed by atoms with Crippen molar-refractivity contribution in [2.45, 2.75) is 90.0 Å². The lowest BCUT2D eigenvalue weighted by Gasteiger charge is -2.40. The van der Waals surface area contributed by atoms with Crippen LogP contribution in [0, 0.1) is 11.8 Å². The van der Waals surface area contributed by atoms with Gasteiger partial charge in [-0.05, 0) is 50.9 Å². The van der Waals surface area contributed by atoms with Gasteiger partial charge in [-0.3, -0.25) is 19.7 Å². The van der Waals surface area contributed by atoms with E-state index < -0.39 is 5.54 Å². The van der Waals surface area contributed by atoms with Crippen LogP contribution in [0.4, 0.5) is 0 Å². The van der Waals surface area contributed by atoms with Crippen molar-refractivity contribution in [2.24, 2.45) is 11.8 Å². The quantitative estimate of drug-likeness (QED) is 0.709. The summed E-state index contributed by atoms with van der Waals surface area (Å²) in [6.45, 7) is 3.48. The number of allylic oxidation sites excluding steroid dienone is 2. The lowest BCUT2D eigenvalue weighted by atomic mass is 9.74. The molecule has 0 spiro atoms. The molecule has 2 saturated carbocycles. The van der Waals surface area contributed by atoms with E-state index in [9.17, 15) is 14.4 Å². The Labute approximate surface area is 157 Å². The number of carbonyl (C=O) groups is 3. The second-order valence-electron chi connectivity index (χ2n) is 7.99. The zero-order valence-electron chi connectivity index (χ0n) is 16.3. The molecule has 0 aromatic carbocycles. The summed E-state index contributed by atoms with van der Waals surface area (Å²) in [6.07, 6.45) is 14.7. The van der Waals surface area contributed by atoms with E-state index in [1.54, 1.807) is 0 Å². The van der Waals surface area contributed by atoms with Crippen molar-refractivity contribution < 1.29 is 14.4 Å². The van der Waals surface area contributed by atoms with Gasteiger partial charge in [0.1, 0.15) is 5.54 Å². The van der Waals surface area contributed by atoms with Crippen molar-refractivity contribution in [3.63, 3.8) is 0 Å². The van der Waals surface area contributed by atoms with E-state index in [0.29, 0.717) is 12.8 Å². The normalized spacial score (nSPS) is 27.2. The summed E-state index contributed by atoms with van der Waals surface area (Å²) in [7, 11) is 0. The average molecular weight is 363 g/mol. The first kappa shape index (κ1) is 20.7. The fourth-order valence-electron chi connectivity index (χ4n) is 4.30. The number of carbonyl (C=O) groups excluding carboxylic acids is 3. The van der Waals surface area contributed by atoms with E-state index in [1.165, 1.54) is 13.3 Å². The molecule has 26 heavy (non-hydrogen) atoms. The second kappa shape index (κ2) is 9.89. The van der Waals surface area contributed by atoms with Gasteiger partial charge in [0.2, 0.25) is 11.8 Å². The van der Waals surface area contributed by atoms with Crippen LogP contribution in [0.2, 0.25) is 0 Å². The predicted octanol–water partition coefficient (Wildman–Crippen LogP) is 3.63. The number of amides is 3. The van der Waals surface area contributed by atoms with Gasteiger partial charge in [-0.1, -0.05) is 44.8 Å². The molecule has 2 aliphatic carbocycles. The van der Waals surface area contributed by atoms with Crippen LogP contribution in [0.5, 0.6) is 0 Å². The highest BCUT2D eigenvalue weighted by Crippen LogP contribution is 2.35. The lowest BCUT2D eigenvalue weighted by molar-refractivity contribution is -0.140. The van der Waals surface area contributed by atoms with Gasteiger partial charge in [0.25, 0.3) is 5.91 Å². The van der Waals surface area contributed by atoms with Crippen molar-refractivity contribution in [1.29, 1.82) is 0 Å². The van der Waals surface area contributed by atoms with Gasteiger partial charge in [0.05, 0.1) is 0 Å². The topological polar surface area (TPSA) is 75.3 Å². The second-order valence-corrected chi connectivity index (χ2v) is 7.99. The average Bonchev–Trinajstić information content (AvgIpc) is 2.62. The number of hydrogen-bond acceptors (Lipinski definition) is 3. The molecule has 5 heteroatoms. The highest BCUT2D eigenvalue weighted by Gasteiger charge is 2.44. The van der Waals surface area contributed by atoms with Crippen molar-refractivity contribution >= 4 is 17.7 Å². The molecule has 2 N–H and O–H groups in total. The van der Waals surface area contributed by atoms with Crippen molar-refractivity contribution in [2.75, 3.05) is 0 Å². The van der Waals surface area contributed by atoms with E-state index in [1.807, 2.05) is 0 Å². The van der Waals surface area contributed by atoms with Crippen LogP contribution in [0.15, 0.2) is 12.2 Å². The Hall–Kier alpha value is -1.65. The maximum absolute atomic E-state index is 12.9. The Morgan fingerprint density at radius 1 is 1.08 bits per heavy atom. The van der Waals surface area contributed by atoms with Gasteiger partial charge < -0.3 is 5.32 Å². The summed E-state index contributed by atoms with van der Waals surface area (Å²) in [4.78, 5) is 37.1. The van der Waals surface area contributed by atoms with E-state index in [4.69, 9.17) is 0 Å². The van der Waals surface area contributed by atoms with E-state index >= 15 is 0 Å². The molecule has 0 aromatic rings. The first-order valence-electron chi connectivity index (χ1n) is 10.3. The summed E-state index contributed by atoms with van der Waals surface area (Å²) in [6, 6.07) is 0. The summed E-state index contributed by atoms with van der Waals surface area (Å²) in [5.41, 5.74) is -0.959. The summed E-state index contributed by atoms with van der Waals surface area (Å²) in [5, 5.41) is 5.52. The maximum atomic E-state index is 12.9. The largest absolute Gasteiger partial charge is 0.341 e. The molecule has 2 unspecified atom stereocenters. The molecule has 0 saturated heterocycles. The van der Waals surface area contributed by atoms with Crippen LogP contribution < -0.4 is 10.6 Å². The Morgan fingerprint density at radius 3 is 2.46 bits per heavy atom. The number of nitrogens with one attached hydrogen (secondary N) is 2. The van der Waals surface area contributed by atoms with Gasteiger partial charge in [-0.25, -0.2) is 0 Å². The molecule has 2 aliphatic rings. The number of hydrogen-bond donors (Lipinski definition) is 2. The molecule has 146 valence electrons. The van der Waals surface area contributed by atoms with E-state index in [-0.39, 0.29) is 29.6 Å². The Bertz CT molecular complexity index is 537. The van der Waals surface area contributed by atoms with Crippen molar-refractivity contribution in [3.8, 4) is 0 Å². The Morgan fingerprint density at radius 2 is 1.81 bits per heavy atom. The van der Waals surface area contributed by atoms with Crippen LogP contribution in [-0.2, 0) is 14.4 Å². The van der Waals surface area contributed by atoms with Gasteiger partial charge >= 0.3 is 0 Å². The SMILES string of the molecule is CCCC=CC1CCCC(NC(=O)C2CCCCC2)(C(=O)NC(C)=O)C1. The van der Waals surface area contributed by atoms with Gasteiger partial charge in [-0.15, -0.1) is 0 Å². The third-order valence-corrected chi connectivity index (χ3v) is 5.72. The molecule has 3 amide bonds. The molecule has 0 bridgehead atoms. The van der Waals surface area contributed by atoms with Gasteiger partial charge in [0.15, 0.2) is 0 Å². The molecule has 2 rings (SSSR count). The summed E-state index contributed by atoms with van der Waals surface area (Å²) < 4.78 is 0. The molecule has 0 aromatic heterocycles. The van der Waals surface area contributed by atoms with Crippen LogP contribution in [0.25, 0.3) is 0 Å². The highest BCUT2D eigenvalue weighted by atomic mass is 16.2. The third-order valence-electron chi connectivity index (χ3n) is 5.72. The minimum Gasteiger partial charge on any atom is -0.341 e.